The molecule has 0 saturated carbocycles. The van der Waals surface area contributed by atoms with Crippen LogP contribution in [0.25, 0.3) is 0 Å². The standard InChI is InChI=1S/C19H23N2OS/c1-4-21-17-14-16(22-3)10-11-18(17)23-19(21)12-13-20(2)15-8-6-5-7-9-15/h5-14,18-19H,4H2,1-3H3/q+1/b13-12+. The lowest BCUT2D eigenvalue weighted by Gasteiger charge is -2.14. The van der Waals surface area contributed by atoms with Crippen LogP contribution in [0.4, 0.5) is 5.69 Å². The van der Waals surface area contributed by atoms with Gasteiger partial charge in [0.05, 0.1) is 7.11 Å². The first-order valence-electron chi connectivity index (χ1n) is 7.92. The molecular formula is C19H23N2OS+. The Bertz CT molecular complexity index is 676. The van der Waals surface area contributed by atoms with Crippen LogP contribution >= 0.6 is 11.8 Å². The molecule has 0 bridgehead atoms. The van der Waals surface area contributed by atoms with E-state index in [1.807, 2.05) is 17.8 Å². The first-order valence-corrected chi connectivity index (χ1v) is 8.86. The largest absolute Gasteiger partial charge is 0.497 e. The number of para-hydroxylation sites is 1. The van der Waals surface area contributed by atoms with Crippen molar-refractivity contribution in [1.29, 1.82) is 0 Å². The van der Waals surface area contributed by atoms with E-state index in [-0.39, 0.29) is 0 Å². The first-order chi connectivity index (χ1) is 11.2. The predicted octanol–water partition coefficient (Wildman–Crippen LogP) is 3.65. The van der Waals surface area contributed by atoms with Gasteiger partial charge in [0.1, 0.15) is 17.6 Å². The van der Waals surface area contributed by atoms with Crippen molar-refractivity contribution >= 4 is 23.2 Å². The number of ether oxygens (including phenoxy) is 1. The maximum Gasteiger partial charge on any atom is 0.220 e. The van der Waals surface area contributed by atoms with E-state index in [0.717, 1.165) is 12.3 Å². The van der Waals surface area contributed by atoms with E-state index in [4.69, 9.17) is 4.74 Å². The summed E-state index contributed by atoms with van der Waals surface area (Å²) in [5.41, 5.74) is 2.54. The van der Waals surface area contributed by atoms with E-state index in [9.17, 15) is 0 Å². The highest BCUT2D eigenvalue weighted by molar-refractivity contribution is 8.01. The fourth-order valence-corrected chi connectivity index (χ4v) is 4.27. The number of benzene rings is 1. The van der Waals surface area contributed by atoms with Crippen molar-refractivity contribution < 1.29 is 9.31 Å². The van der Waals surface area contributed by atoms with E-state index in [0.29, 0.717) is 10.6 Å². The molecule has 4 heteroatoms. The topological polar surface area (TPSA) is 15.5 Å². The number of rotatable bonds is 5. The monoisotopic (exact) mass is 327 g/mol. The van der Waals surface area contributed by atoms with Crippen molar-refractivity contribution in [2.75, 3.05) is 25.6 Å². The van der Waals surface area contributed by atoms with Crippen molar-refractivity contribution in [2.24, 2.45) is 0 Å². The fourth-order valence-electron chi connectivity index (χ4n) is 2.88. The molecule has 0 N–H and O–H groups in total. The Balaban J connectivity index is 1.79. The van der Waals surface area contributed by atoms with E-state index in [2.05, 4.69) is 78.2 Å². The second-order valence-corrected chi connectivity index (χ2v) is 6.82. The summed E-state index contributed by atoms with van der Waals surface area (Å²) in [5, 5.41) is 0.772. The Kier molecular flexibility index (Phi) is 4.91. The van der Waals surface area contributed by atoms with Crippen LogP contribution < -0.4 is 4.90 Å². The highest BCUT2D eigenvalue weighted by Crippen LogP contribution is 2.33. The summed E-state index contributed by atoms with van der Waals surface area (Å²) in [5.74, 6) is 0.932. The van der Waals surface area contributed by atoms with E-state index in [1.165, 1.54) is 11.4 Å². The predicted molar refractivity (Wildman–Crippen MR) is 99.2 cm³/mol. The molecule has 1 aromatic carbocycles. The van der Waals surface area contributed by atoms with Gasteiger partial charge in [0, 0.05) is 31.1 Å². The van der Waals surface area contributed by atoms with E-state index >= 15 is 0 Å². The van der Waals surface area contributed by atoms with Gasteiger partial charge in [0.25, 0.3) is 0 Å². The molecule has 3 nitrogen and oxygen atoms in total. The zero-order valence-electron chi connectivity index (χ0n) is 13.8. The highest BCUT2D eigenvalue weighted by atomic mass is 32.2. The van der Waals surface area contributed by atoms with Gasteiger partial charge in [-0.3, -0.25) is 0 Å². The lowest BCUT2D eigenvalue weighted by atomic mass is 10.1. The van der Waals surface area contributed by atoms with Gasteiger partial charge in [-0.15, -0.1) is 0 Å². The van der Waals surface area contributed by atoms with Crippen LogP contribution in [0.3, 0.4) is 0 Å². The molecule has 1 heterocycles. The lowest BCUT2D eigenvalue weighted by Crippen LogP contribution is -2.24. The molecule has 23 heavy (non-hydrogen) atoms. The maximum absolute atomic E-state index is 5.37. The van der Waals surface area contributed by atoms with E-state index < -0.39 is 0 Å². The zero-order valence-corrected chi connectivity index (χ0v) is 14.7. The van der Waals surface area contributed by atoms with Gasteiger partial charge < -0.3 is 9.64 Å². The number of fused-ring (bicyclic) bond motifs is 1. The molecule has 2 aliphatic rings. The van der Waals surface area contributed by atoms with Crippen molar-refractivity contribution in [3.05, 3.63) is 66.6 Å². The lowest BCUT2D eigenvalue weighted by molar-refractivity contribution is -0.524. The number of thioether (sulfide) groups is 1. The molecule has 0 amide bonds. The maximum atomic E-state index is 5.37. The molecule has 0 spiro atoms. The van der Waals surface area contributed by atoms with Crippen LogP contribution in [0.5, 0.6) is 0 Å². The Morgan fingerprint density at radius 1 is 1.30 bits per heavy atom. The van der Waals surface area contributed by atoms with Gasteiger partial charge in [-0.2, -0.15) is 0 Å². The van der Waals surface area contributed by atoms with Gasteiger partial charge in [-0.05, 0) is 25.1 Å². The Labute approximate surface area is 142 Å². The third kappa shape index (κ3) is 3.37. The van der Waals surface area contributed by atoms with Crippen LogP contribution in [0.2, 0.25) is 0 Å². The molecular weight excluding hydrogens is 304 g/mol. The number of hydrogen-bond acceptors (Lipinski definition) is 3. The van der Waals surface area contributed by atoms with Gasteiger partial charge in [-0.25, -0.2) is 4.58 Å². The molecule has 120 valence electrons. The number of anilines is 1. The molecule has 1 aliphatic heterocycles. The summed E-state index contributed by atoms with van der Waals surface area (Å²) in [6.45, 7) is 3.19. The quantitative estimate of drug-likeness (QED) is 0.768. The SMILES string of the molecule is CC[N+]1=C2C=C(OC)C=CC2SC1/C=C/N(C)c1ccccc1. The van der Waals surface area contributed by atoms with Gasteiger partial charge in [-0.1, -0.05) is 36.0 Å². The number of nitrogens with zero attached hydrogens (tertiary/aromatic N) is 2. The molecule has 0 saturated heterocycles. The summed E-state index contributed by atoms with van der Waals surface area (Å²) in [6, 6.07) is 10.4. The average Bonchev–Trinajstić information content (AvgIpc) is 2.96. The van der Waals surface area contributed by atoms with Gasteiger partial charge >= 0.3 is 0 Å². The normalized spacial score (nSPS) is 23.2. The first kappa shape index (κ1) is 15.9. The van der Waals surface area contributed by atoms with Crippen LogP contribution in [-0.2, 0) is 4.74 Å². The number of allylic oxidation sites excluding steroid dienone is 2. The van der Waals surface area contributed by atoms with Gasteiger partial charge in [0.2, 0.25) is 5.37 Å². The number of hydrogen-bond donors (Lipinski definition) is 0. The number of methoxy groups -OCH3 is 1. The molecule has 0 radical (unpaired) electrons. The summed E-state index contributed by atoms with van der Waals surface area (Å²) >= 11 is 1.97. The molecule has 3 rings (SSSR count). The number of likely N-dealkylation sites (N-methyl/N-ethyl adjacent to an activating group) is 1. The minimum atomic E-state index is 0.350. The molecule has 2 atom stereocenters. The highest BCUT2D eigenvalue weighted by Gasteiger charge is 2.38. The molecule has 0 aromatic heterocycles. The second kappa shape index (κ2) is 7.09. The summed E-state index contributed by atoms with van der Waals surface area (Å²) in [7, 11) is 3.81. The molecule has 0 fully saturated rings. The Morgan fingerprint density at radius 3 is 2.78 bits per heavy atom. The minimum Gasteiger partial charge on any atom is -0.497 e. The average molecular weight is 327 g/mol. The zero-order chi connectivity index (χ0) is 16.2. The third-order valence-corrected chi connectivity index (χ3v) is 5.54. The van der Waals surface area contributed by atoms with Crippen molar-refractivity contribution in [3.63, 3.8) is 0 Å². The van der Waals surface area contributed by atoms with Gasteiger partial charge in [0.15, 0.2) is 5.71 Å². The van der Waals surface area contributed by atoms with E-state index in [1.54, 1.807) is 7.11 Å². The van der Waals surface area contributed by atoms with Crippen LogP contribution in [0.1, 0.15) is 6.92 Å². The molecule has 1 aliphatic carbocycles. The van der Waals surface area contributed by atoms with Crippen LogP contribution in [0.15, 0.2) is 66.6 Å². The van der Waals surface area contributed by atoms with Crippen molar-refractivity contribution in [3.8, 4) is 0 Å². The Morgan fingerprint density at radius 2 is 2.09 bits per heavy atom. The second-order valence-electron chi connectivity index (χ2n) is 5.56. The molecule has 1 aromatic rings. The third-order valence-electron chi connectivity index (χ3n) is 4.16. The Hall–Kier alpha value is -1.94. The minimum absolute atomic E-state index is 0.350. The molecule has 2 unspecified atom stereocenters. The van der Waals surface area contributed by atoms with Crippen LogP contribution in [0, 0.1) is 0 Å². The summed E-state index contributed by atoms with van der Waals surface area (Å²) < 4.78 is 7.81. The van der Waals surface area contributed by atoms with Crippen LogP contribution in [-0.4, -0.2) is 41.6 Å². The summed E-state index contributed by atoms with van der Waals surface area (Å²) in [4.78, 5) is 2.16. The van der Waals surface area contributed by atoms with Crippen molar-refractivity contribution in [2.45, 2.75) is 17.5 Å². The fraction of sp³-hybridized carbons (Fsp3) is 0.316. The van der Waals surface area contributed by atoms with Crippen molar-refractivity contribution in [1.82, 2.24) is 0 Å². The smallest absolute Gasteiger partial charge is 0.220 e. The summed E-state index contributed by atoms with van der Waals surface area (Å²) in [6.07, 6.45) is 10.9.